The monoisotopic (exact) mass is 312 g/mol. The first-order valence-corrected chi connectivity index (χ1v) is 7.19. The molecule has 6 nitrogen and oxygen atoms in total. The number of amides is 1. The Morgan fingerprint density at radius 3 is 2.52 bits per heavy atom. The topological polar surface area (TPSA) is 68.7 Å². The number of likely N-dealkylation sites (N-methyl/N-ethyl adjacent to an activating group) is 1. The van der Waals surface area contributed by atoms with Gasteiger partial charge in [0.2, 0.25) is 6.79 Å². The molecule has 1 unspecified atom stereocenters. The van der Waals surface area contributed by atoms with E-state index in [2.05, 4.69) is 4.98 Å². The van der Waals surface area contributed by atoms with E-state index in [9.17, 15) is 9.59 Å². The number of nitrogens with zero attached hydrogens (tertiary/aromatic N) is 2. The van der Waals surface area contributed by atoms with Crippen LogP contribution in [0.15, 0.2) is 42.7 Å². The average molecular weight is 312 g/mol. The molecule has 0 saturated heterocycles. The molecule has 1 amide bonds. The third-order valence-electron chi connectivity index (χ3n) is 3.87. The maximum atomic E-state index is 12.6. The van der Waals surface area contributed by atoms with Gasteiger partial charge < -0.3 is 14.4 Å². The number of carbonyl (C=O) groups excluding carboxylic acids is 2. The number of ether oxygens (including phenoxy) is 2. The van der Waals surface area contributed by atoms with E-state index in [1.807, 2.05) is 0 Å². The van der Waals surface area contributed by atoms with Crippen molar-refractivity contribution < 1.29 is 19.1 Å². The van der Waals surface area contributed by atoms with Gasteiger partial charge in [-0.15, -0.1) is 0 Å². The molecular formula is C17H16N2O4. The van der Waals surface area contributed by atoms with Gasteiger partial charge in [0.05, 0.1) is 6.04 Å². The first-order chi connectivity index (χ1) is 11.1. The van der Waals surface area contributed by atoms with Crippen LogP contribution in [0.2, 0.25) is 0 Å². The lowest BCUT2D eigenvalue weighted by molar-refractivity contribution is 0.0675. The molecule has 0 spiro atoms. The van der Waals surface area contributed by atoms with Gasteiger partial charge in [0.15, 0.2) is 17.3 Å². The van der Waals surface area contributed by atoms with Crippen molar-refractivity contribution in [2.45, 2.75) is 13.0 Å². The highest BCUT2D eigenvalue weighted by Crippen LogP contribution is 2.33. The molecule has 1 atom stereocenters. The van der Waals surface area contributed by atoms with Gasteiger partial charge in [-0.05, 0) is 37.3 Å². The van der Waals surface area contributed by atoms with Crippen LogP contribution in [-0.4, -0.2) is 41.5 Å². The molecule has 118 valence electrons. The Kier molecular flexibility index (Phi) is 3.97. The second kappa shape index (κ2) is 6.08. The number of pyridine rings is 1. The Balaban J connectivity index is 1.78. The number of fused-ring (bicyclic) bond motifs is 1. The minimum atomic E-state index is -0.601. The molecule has 23 heavy (non-hydrogen) atoms. The molecule has 1 aliphatic heterocycles. The van der Waals surface area contributed by atoms with Crippen LogP contribution in [0.4, 0.5) is 0 Å². The first kappa shape index (κ1) is 15.0. The summed E-state index contributed by atoms with van der Waals surface area (Å²) in [5, 5.41) is 0. The second-order valence-corrected chi connectivity index (χ2v) is 5.26. The summed E-state index contributed by atoms with van der Waals surface area (Å²) in [4.78, 5) is 30.3. The number of hydrogen-bond acceptors (Lipinski definition) is 5. The van der Waals surface area contributed by atoms with E-state index in [1.165, 1.54) is 4.90 Å². The molecule has 0 N–H and O–H groups in total. The smallest absolute Gasteiger partial charge is 0.254 e. The third kappa shape index (κ3) is 2.88. The summed E-state index contributed by atoms with van der Waals surface area (Å²) in [5.41, 5.74) is 0.976. The van der Waals surface area contributed by atoms with Gasteiger partial charge in [-0.1, -0.05) is 0 Å². The fourth-order valence-electron chi connectivity index (χ4n) is 2.34. The zero-order valence-corrected chi connectivity index (χ0v) is 12.9. The Labute approximate surface area is 133 Å². The van der Waals surface area contributed by atoms with Crippen molar-refractivity contribution in [3.8, 4) is 11.5 Å². The van der Waals surface area contributed by atoms with Gasteiger partial charge in [-0.2, -0.15) is 0 Å². The molecule has 0 fully saturated rings. The lowest BCUT2D eigenvalue weighted by Crippen LogP contribution is -2.40. The van der Waals surface area contributed by atoms with Crippen molar-refractivity contribution >= 4 is 11.7 Å². The second-order valence-electron chi connectivity index (χ2n) is 5.26. The molecule has 1 aromatic carbocycles. The van der Waals surface area contributed by atoms with Gasteiger partial charge in [-0.25, -0.2) is 0 Å². The Morgan fingerprint density at radius 1 is 1.09 bits per heavy atom. The van der Waals surface area contributed by atoms with Crippen LogP contribution < -0.4 is 9.47 Å². The van der Waals surface area contributed by atoms with Crippen LogP contribution in [0.1, 0.15) is 27.6 Å². The van der Waals surface area contributed by atoms with E-state index in [-0.39, 0.29) is 18.5 Å². The number of ketones is 1. The minimum absolute atomic E-state index is 0.156. The number of carbonyl (C=O) groups is 2. The van der Waals surface area contributed by atoms with E-state index >= 15 is 0 Å². The Bertz CT molecular complexity index is 746. The number of benzene rings is 1. The molecule has 0 bridgehead atoms. The van der Waals surface area contributed by atoms with Crippen LogP contribution in [0, 0.1) is 0 Å². The van der Waals surface area contributed by atoms with Crippen LogP contribution in [0.25, 0.3) is 0 Å². The van der Waals surface area contributed by atoms with Crippen LogP contribution >= 0.6 is 0 Å². The van der Waals surface area contributed by atoms with Gasteiger partial charge >= 0.3 is 0 Å². The Hall–Kier alpha value is -2.89. The maximum Gasteiger partial charge on any atom is 0.254 e. The van der Waals surface area contributed by atoms with Crippen LogP contribution in [0.3, 0.4) is 0 Å². The van der Waals surface area contributed by atoms with Gasteiger partial charge in [0.25, 0.3) is 5.91 Å². The zero-order valence-electron chi connectivity index (χ0n) is 12.9. The van der Waals surface area contributed by atoms with E-state index in [4.69, 9.17) is 9.47 Å². The Morgan fingerprint density at radius 2 is 1.78 bits per heavy atom. The highest BCUT2D eigenvalue weighted by Gasteiger charge is 2.26. The molecule has 0 radical (unpaired) electrons. The average Bonchev–Trinajstić information content (AvgIpc) is 3.07. The molecule has 1 aromatic heterocycles. The number of hydrogen-bond donors (Lipinski definition) is 0. The minimum Gasteiger partial charge on any atom is -0.454 e. The summed E-state index contributed by atoms with van der Waals surface area (Å²) >= 11 is 0. The molecule has 3 rings (SSSR count). The van der Waals surface area contributed by atoms with Crippen molar-refractivity contribution in [2.75, 3.05) is 13.8 Å². The van der Waals surface area contributed by atoms with Crippen molar-refractivity contribution in [1.82, 2.24) is 9.88 Å². The van der Waals surface area contributed by atoms with Crippen LogP contribution in [0.5, 0.6) is 11.5 Å². The predicted molar refractivity (Wildman–Crippen MR) is 82.7 cm³/mol. The lowest BCUT2D eigenvalue weighted by Gasteiger charge is -2.24. The largest absolute Gasteiger partial charge is 0.454 e. The van der Waals surface area contributed by atoms with Gasteiger partial charge in [0.1, 0.15) is 0 Å². The van der Waals surface area contributed by atoms with Gasteiger partial charge in [-0.3, -0.25) is 14.6 Å². The maximum absolute atomic E-state index is 12.6. The van der Waals surface area contributed by atoms with Crippen LogP contribution in [-0.2, 0) is 0 Å². The quantitative estimate of drug-likeness (QED) is 0.809. The zero-order chi connectivity index (χ0) is 16.4. The van der Waals surface area contributed by atoms with E-state index in [0.29, 0.717) is 22.6 Å². The van der Waals surface area contributed by atoms with Crippen molar-refractivity contribution in [2.24, 2.45) is 0 Å². The van der Waals surface area contributed by atoms with E-state index < -0.39 is 6.04 Å². The molecule has 2 heterocycles. The third-order valence-corrected chi connectivity index (χ3v) is 3.87. The standard InChI is InChI=1S/C17H16N2O4/c1-11(19(2)17(21)12-5-7-18-8-6-12)16(20)13-3-4-14-15(9-13)23-10-22-14/h3-9,11H,10H2,1-2H3. The predicted octanol–water partition coefficient (Wildman–Crippen LogP) is 2.15. The lowest BCUT2D eigenvalue weighted by atomic mass is 10.0. The summed E-state index contributed by atoms with van der Waals surface area (Å²) in [6.07, 6.45) is 3.09. The van der Waals surface area contributed by atoms with Crippen molar-refractivity contribution in [3.63, 3.8) is 0 Å². The first-order valence-electron chi connectivity index (χ1n) is 7.19. The molecule has 6 heteroatoms. The molecule has 2 aromatic rings. The molecular weight excluding hydrogens is 296 g/mol. The summed E-state index contributed by atoms with van der Waals surface area (Å²) in [5.74, 6) is 0.781. The fraction of sp³-hybridized carbons (Fsp3) is 0.235. The molecule has 0 aliphatic carbocycles. The number of aromatic nitrogens is 1. The summed E-state index contributed by atoms with van der Waals surface area (Å²) < 4.78 is 10.5. The summed E-state index contributed by atoms with van der Waals surface area (Å²) in [7, 11) is 1.61. The fourth-order valence-corrected chi connectivity index (χ4v) is 2.34. The van der Waals surface area contributed by atoms with E-state index in [1.54, 1.807) is 56.7 Å². The summed E-state index contributed by atoms with van der Waals surface area (Å²) in [6, 6.07) is 7.67. The highest BCUT2D eigenvalue weighted by molar-refractivity contribution is 6.04. The van der Waals surface area contributed by atoms with Crippen molar-refractivity contribution in [3.05, 3.63) is 53.9 Å². The number of Topliss-reactive ketones (excluding diaryl/α,β-unsaturated/α-hetero) is 1. The van der Waals surface area contributed by atoms with E-state index in [0.717, 1.165) is 0 Å². The molecule has 1 aliphatic rings. The molecule has 0 saturated carbocycles. The summed E-state index contributed by atoms with van der Waals surface area (Å²) in [6.45, 7) is 1.86. The normalized spacial score (nSPS) is 13.5. The number of rotatable bonds is 4. The van der Waals surface area contributed by atoms with Gasteiger partial charge in [0, 0.05) is 30.6 Å². The SMILES string of the molecule is CC(C(=O)c1ccc2c(c1)OCO2)N(C)C(=O)c1ccncc1. The highest BCUT2D eigenvalue weighted by atomic mass is 16.7. The van der Waals surface area contributed by atoms with Crippen molar-refractivity contribution in [1.29, 1.82) is 0 Å².